The minimum absolute atomic E-state index is 0.0241. The van der Waals surface area contributed by atoms with Gasteiger partial charge in [0, 0.05) is 11.9 Å². The average Bonchev–Trinajstić information content (AvgIpc) is 2.34. The van der Waals surface area contributed by atoms with Crippen LogP contribution >= 0.6 is 11.6 Å². The van der Waals surface area contributed by atoms with Crippen LogP contribution in [-0.4, -0.2) is 17.8 Å². The summed E-state index contributed by atoms with van der Waals surface area (Å²) in [6, 6.07) is 1.31. The maximum atomic E-state index is 13.3. The molecule has 0 radical (unpaired) electrons. The lowest BCUT2D eigenvalue weighted by Crippen LogP contribution is -2.38. The van der Waals surface area contributed by atoms with Crippen molar-refractivity contribution in [1.29, 1.82) is 0 Å². The number of benzene rings is 1. The van der Waals surface area contributed by atoms with E-state index in [-0.39, 0.29) is 12.0 Å². The van der Waals surface area contributed by atoms with Crippen LogP contribution in [0.4, 0.5) is 13.2 Å². The molecule has 0 spiro atoms. The van der Waals surface area contributed by atoms with Crippen LogP contribution in [0, 0.1) is 23.4 Å². The maximum absolute atomic E-state index is 13.3. The first-order valence-electron chi connectivity index (χ1n) is 5.38. The molecule has 6 heteroatoms. The largest absolute Gasteiger partial charge is 0.349 e. The standard InChI is InChI=1S/C12H13ClF3NO/c1-6(5-13)7(2)17-12(18)8-3-4-9(14)11(16)10(8)15/h3-4,6-7H,5H2,1-2H3,(H,17,18). The Kier molecular flexibility index (Phi) is 5.02. The molecule has 1 amide bonds. The smallest absolute Gasteiger partial charge is 0.254 e. The molecule has 2 nitrogen and oxygen atoms in total. The van der Waals surface area contributed by atoms with Crippen molar-refractivity contribution in [2.45, 2.75) is 19.9 Å². The molecule has 18 heavy (non-hydrogen) atoms. The monoisotopic (exact) mass is 279 g/mol. The molecule has 2 unspecified atom stereocenters. The topological polar surface area (TPSA) is 29.1 Å². The van der Waals surface area contributed by atoms with Crippen LogP contribution < -0.4 is 5.32 Å². The number of carbonyl (C=O) groups is 1. The van der Waals surface area contributed by atoms with Crippen molar-refractivity contribution < 1.29 is 18.0 Å². The number of alkyl halides is 1. The van der Waals surface area contributed by atoms with Crippen molar-refractivity contribution >= 4 is 17.5 Å². The fourth-order valence-electron chi connectivity index (χ4n) is 1.26. The molecule has 0 aliphatic carbocycles. The molecule has 100 valence electrons. The van der Waals surface area contributed by atoms with Crippen molar-refractivity contribution in [3.63, 3.8) is 0 Å². The lowest BCUT2D eigenvalue weighted by Gasteiger charge is -2.19. The third kappa shape index (κ3) is 3.16. The summed E-state index contributed by atoms with van der Waals surface area (Å²) in [6.45, 7) is 3.50. The van der Waals surface area contributed by atoms with Crippen molar-refractivity contribution in [1.82, 2.24) is 5.32 Å². The van der Waals surface area contributed by atoms with Crippen molar-refractivity contribution in [2.24, 2.45) is 5.92 Å². The molecule has 0 bridgehead atoms. The van der Waals surface area contributed by atoms with E-state index in [0.717, 1.165) is 6.07 Å². The maximum Gasteiger partial charge on any atom is 0.254 e. The van der Waals surface area contributed by atoms with E-state index in [1.54, 1.807) is 13.8 Å². The quantitative estimate of drug-likeness (QED) is 0.666. The van der Waals surface area contributed by atoms with Crippen molar-refractivity contribution in [3.8, 4) is 0 Å². The summed E-state index contributed by atoms with van der Waals surface area (Å²) < 4.78 is 39.0. The van der Waals surface area contributed by atoms with Gasteiger partial charge in [-0.15, -0.1) is 11.6 Å². The molecule has 0 saturated carbocycles. The Balaban J connectivity index is 2.89. The van der Waals surface area contributed by atoms with E-state index in [1.807, 2.05) is 0 Å². The highest BCUT2D eigenvalue weighted by Gasteiger charge is 2.21. The highest BCUT2D eigenvalue weighted by molar-refractivity contribution is 6.18. The first kappa shape index (κ1) is 14.8. The molecule has 1 rings (SSSR count). The second kappa shape index (κ2) is 6.09. The Hall–Kier alpha value is -1.23. The Morgan fingerprint density at radius 2 is 1.89 bits per heavy atom. The Morgan fingerprint density at radius 3 is 2.44 bits per heavy atom. The molecule has 1 N–H and O–H groups in total. The third-order valence-electron chi connectivity index (χ3n) is 2.74. The van der Waals surface area contributed by atoms with Gasteiger partial charge in [-0.25, -0.2) is 13.2 Å². The Bertz CT molecular complexity index is 453. The molecular weight excluding hydrogens is 267 g/mol. The summed E-state index contributed by atoms with van der Waals surface area (Å²) in [6.07, 6.45) is 0. The zero-order valence-corrected chi connectivity index (χ0v) is 10.7. The third-order valence-corrected chi connectivity index (χ3v) is 3.22. The second-order valence-electron chi connectivity index (χ2n) is 4.12. The first-order chi connectivity index (χ1) is 8.38. The predicted molar refractivity (Wildman–Crippen MR) is 63.1 cm³/mol. The predicted octanol–water partition coefficient (Wildman–Crippen LogP) is 3.10. The van der Waals surface area contributed by atoms with Crippen LogP contribution in [0.2, 0.25) is 0 Å². The van der Waals surface area contributed by atoms with Crippen LogP contribution in [0.3, 0.4) is 0 Å². The van der Waals surface area contributed by atoms with Crippen LogP contribution in [0.1, 0.15) is 24.2 Å². The summed E-state index contributed by atoms with van der Waals surface area (Å²) in [7, 11) is 0. The number of rotatable bonds is 4. The van der Waals surface area contributed by atoms with Crippen LogP contribution in [0.5, 0.6) is 0 Å². The Labute approximate surface area is 108 Å². The van der Waals surface area contributed by atoms with Gasteiger partial charge < -0.3 is 5.32 Å². The fourth-order valence-corrected chi connectivity index (χ4v) is 1.53. The number of amides is 1. The second-order valence-corrected chi connectivity index (χ2v) is 4.43. The van der Waals surface area contributed by atoms with Gasteiger partial charge in [-0.3, -0.25) is 4.79 Å². The van der Waals surface area contributed by atoms with Gasteiger partial charge in [0.2, 0.25) is 0 Å². The molecule has 1 aromatic rings. The molecule has 2 atom stereocenters. The van der Waals surface area contributed by atoms with E-state index in [0.29, 0.717) is 11.9 Å². The number of halogens is 4. The van der Waals surface area contributed by atoms with E-state index >= 15 is 0 Å². The minimum Gasteiger partial charge on any atom is -0.349 e. The molecule has 1 aromatic carbocycles. The summed E-state index contributed by atoms with van der Waals surface area (Å²) in [5.41, 5.74) is -0.525. The van der Waals surface area contributed by atoms with Crippen molar-refractivity contribution in [2.75, 3.05) is 5.88 Å². The number of nitrogens with one attached hydrogen (secondary N) is 1. The van der Waals surface area contributed by atoms with Gasteiger partial charge in [0.05, 0.1) is 5.56 Å². The van der Waals surface area contributed by atoms with E-state index < -0.39 is 28.9 Å². The number of hydrogen-bond acceptors (Lipinski definition) is 1. The van der Waals surface area contributed by atoms with Gasteiger partial charge in [0.25, 0.3) is 5.91 Å². The van der Waals surface area contributed by atoms with Crippen LogP contribution in [-0.2, 0) is 0 Å². The molecule has 0 fully saturated rings. The zero-order chi connectivity index (χ0) is 13.9. The van der Waals surface area contributed by atoms with Crippen LogP contribution in [0.25, 0.3) is 0 Å². The minimum atomic E-state index is -1.65. The lowest BCUT2D eigenvalue weighted by molar-refractivity contribution is 0.0925. The lowest BCUT2D eigenvalue weighted by atomic mass is 10.1. The van der Waals surface area contributed by atoms with E-state index in [4.69, 9.17) is 11.6 Å². The summed E-state index contributed by atoms with van der Waals surface area (Å²) in [4.78, 5) is 11.7. The normalized spacial score (nSPS) is 14.1. The van der Waals surface area contributed by atoms with Gasteiger partial charge in [0.15, 0.2) is 17.5 Å². The average molecular weight is 280 g/mol. The fraction of sp³-hybridized carbons (Fsp3) is 0.417. The Morgan fingerprint density at radius 1 is 1.28 bits per heavy atom. The molecular formula is C12H13ClF3NO. The van der Waals surface area contributed by atoms with E-state index in [9.17, 15) is 18.0 Å². The first-order valence-corrected chi connectivity index (χ1v) is 5.92. The van der Waals surface area contributed by atoms with Crippen molar-refractivity contribution in [3.05, 3.63) is 35.1 Å². The number of hydrogen-bond donors (Lipinski definition) is 1. The van der Waals surface area contributed by atoms with Gasteiger partial charge in [0.1, 0.15) is 0 Å². The molecule has 0 aromatic heterocycles. The van der Waals surface area contributed by atoms with Gasteiger partial charge >= 0.3 is 0 Å². The van der Waals surface area contributed by atoms with E-state index in [1.165, 1.54) is 0 Å². The molecule has 0 heterocycles. The summed E-state index contributed by atoms with van der Waals surface area (Å²) in [5, 5.41) is 2.48. The van der Waals surface area contributed by atoms with Gasteiger partial charge in [-0.05, 0) is 25.0 Å². The highest BCUT2D eigenvalue weighted by atomic mass is 35.5. The number of carbonyl (C=O) groups excluding carboxylic acids is 1. The van der Waals surface area contributed by atoms with Gasteiger partial charge in [-0.1, -0.05) is 6.92 Å². The zero-order valence-electron chi connectivity index (χ0n) is 9.94. The molecule has 0 saturated heterocycles. The van der Waals surface area contributed by atoms with Gasteiger partial charge in [-0.2, -0.15) is 0 Å². The molecule has 0 aliphatic rings. The van der Waals surface area contributed by atoms with E-state index in [2.05, 4.69) is 5.32 Å². The SMILES string of the molecule is CC(CCl)C(C)NC(=O)c1ccc(F)c(F)c1F. The molecule has 0 aliphatic heterocycles. The highest BCUT2D eigenvalue weighted by Crippen LogP contribution is 2.15. The summed E-state index contributed by atoms with van der Waals surface area (Å²) in [5.74, 6) is -4.97. The van der Waals surface area contributed by atoms with Crippen LogP contribution in [0.15, 0.2) is 12.1 Å². The summed E-state index contributed by atoms with van der Waals surface area (Å²) >= 11 is 5.62.